The van der Waals surface area contributed by atoms with Crippen LogP contribution in [0.15, 0.2) is 55.3 Å². The molecule has 2 amide bonds. The lowest BCUT2D eigenvalue weighted by Crippen LogP contribution is -2.47. The molecule has 0 aliphatic carbocycles. The zero-order chi connectivity index (χ0) is 30.7. The van der Waals surface area contributed by atoms with Crippen molar-refractivity contribution in [3.8, 4) is 5.75 Å². The van der Waals surface area contributed by atoms with E-state index in [4.69, 9.17) is 9.47 Å². The van der Waals surface area contributed by atoms with Gasteiger partial charge in [-0.25, -0.2) is 9.18 Å². The smallest absolute Gasteiger partial charge is 0.411 e. The van der Waals surface area contributed by atoms with Gasteiger partial charge in [0.15, 0.2) is 18.1 Å². The van der Waals surface area contributed by atoms with Crippen molar-refractivity contribution in [2.45, 2.75) is 45.8 Å². The summed E-state index contributed by atoms with van der Waals surface area (Å²) in [6.45, 7) is 12.0. The van der Waals surface area contributed by atoms with E-state index < -0.39 is 6.10 Å². The molecule has 3 heterocycles. The van der Waals surface area contributed by atoms with Crippen LogP contribution in [-0.4, -0.2) is 69.6 Å². The minimum atomic E-state index is -0.516. The summed E-state index contributed by atoms with van der Waals surface area (Å²) in [6.07, 6.45) is 4.06. The number of carbonyl (C=O) groups is 2. The Morgan fingerprint density at radius 1 is 1.23 bits per heavy atom. The largest absolute Gasteiger partial charge is 0.484 e. The number of carbonyl (C=O) groups excluding carboxylic acids is 2. The van der Waals surface area contributed by atoms with Gasteiger partial charge >= 0.3 is 5.91 Å². The number of anilines is 1. The minimum Gasteiger partial charge on any atom is -0.484 e. The van der Waals surface area contributed by atoms with E-state index in [-0.39, 0.29) is 23.7 Å². The van der Waals surface area contributed by atoms with Crippen molar-refractivity contribution >= 4 is 23.3 Å². The summed E-state index contributed by atoms with van der Waals surface area (Å²) in [4.78, 5) is 27.8. The molecule has 1 aromatic heterocycles. The van der Waals surface area contributed by atoms with Crippen molar-refractivity contribution in [3.63, 3.8) is 0 Å². The Hall–Kier alpha value is -4.15. The zero-order valence-corrected chi connectivity index (χ0v) is 25.2. The van der Waals surface area contributed by atoms with Crippen molar-refractivity contribution in [1.82, 2.24) is 14.7 Å². The van der Waals surface area contributed by atoms with Crippen molar-refractivity contribution < 1.29 is 28.0 Å². The van der Waals surface area contributed by atoms with Gasteiger partial charge in [-0.15, -0.1) is 0 Å². The number of amides is 2. The quantitative estimate of drug-likeness (QED) is 0.283. The van der Waals surface area contributed by atoms with Gasteiger partial charge in [0.25, 0.3) is 5.91 Å². The standard InChI is InChI=1S/C33H38FN5O4/c1-6-32(40)39-14-13-38(19-23(39)4)20-30(24-10-9-21(2)27(34)17-24)43-29-16-22(3)25(18-26(29)28-8-7-15-42-28)33(41)35-31-11-12-37(5)36-31/h6,9-12,16-18,28,30H,1,7-8,13-15,19-20H2,2-5H3/p+1/t28?,30-/m1/s1. The van der Waals surface area contributed by atoms with Crippen molar-refractivity contribution in [3.05, 3.63) is 88.9 Å². The van der Waals surface area contributed by atoms with Gasteiger partial charge in [0.05, 0.1) is 19.2 Å². The molecule has 5 rings (SSSR count). The second kappa shape index (κ2) is 13.0. The van der Waals surface area contributed by atoms with Gasteiger partial charge < -0.3 is 14.8 Å². The Balaban J connectivity index is 1.48. The molecular formula is C33H39FN5O4+. The first-order valence-electron chi connectivity index (χ1n) is 14.6. The third-order valence-electron chi connectivity index (χ3n) is 8.09. The van der Waals surface area contributed by atoms with Gasteiger partial charge in [-0.05, 0) is 61.6 Å². The fourth-order valence-corrected chi connectivity index (χ4v) is 5.68. The molecule has 1 N–H and O–H groups in total. The van der Waals surface area contributed by atoms with E-state index in [0.29, 0.717) is 61.0 Å². The van der Waals surface area contributed by atoms with Crippen molar-refractivity contribution in [1.29, 1.82) is 0 Å². The van der Waals surface area contributed by atoms with Crippen LogP contribution in [-0.2, 0) is 16.6 Å². The summed E-state index contributed by atoms with van der Waals surface area (Å²) in [5.74, 6) is 0.388. The predicted octanol–water partition coefficient (Wildman–Crippen LogP) is 4.90. The molecule has 1 saturated heterocycles. The van der Waals surface area contributed by atoms with Crippen LogP contribution in [0.4, 0.5) is 10.2 Å². The third-order valence-corrected chi connectivity index (χ3v) is 8.09. The number of hydrogen-bond acceptors (Lipinski definition) is 6. The molecule has 2 aliphatic heterocycles. The molecule has 226 valence electrons. The number of aromatic nitrogens is 2. The van der Waals surface area contributed by atoms with Crippen LogP contribution in [0.25, 0.3) is 0 Å². The van der Waals surface area contributed by atoms with Crippen LogP contribution < -0.4 is 10.1 Å². The Morgan fingerprint density at radius 3 is 2.70 bits per heavy atom. The SMILES string of the molecule is C=CC(=O)[N+]1=C(C)CN(C[C@@H](Oc2cc(C)c(C(=O)Nc3ccn(C)n3)cc2C2CCCO2)c2ccc(C)c(F)c2)CC1. The van der Waals surface area contributed by atoms with E-state index >= 15 is 0 Å². The van der Waals surface area contributed by atoms with Crippen LogP contribution in [0.2, 0.25) is 0 Å². The number of hydrogen-bond donors (Lipinski definition) is 1. The van der Waals surface area contributed by atoms with Gasteiger partial charge in [0.1, 0.15) is 17.7 Å². The summed E-state index contributed by atoms with van der Waals surface area (Å²) >= 11 is 0. The van der Waals surface area contributed by atoms with E-state index in [1.54, 1.807) is 41.6 Å². The number of benzene rings is 2. The maximum absolute atomic E-state index is 14.8. The highest BCUT2D eigenvalue weighted by atomic mass is 19.1. The molecule has 0 saturated carbocycles. The second-order valence-electron chi connectivity index (χ2n) is 11.3. The first-order chi connectivity index (χ1) is 20.6. The zero-order valence-electron chi connectivity index (χ0n) is 25.2. The van der Waals surface area contributed by atoms with Crippen LogP contribution in [0.3, 0.4) is 0 Å². The van der Waals surface area contributed by atoms with Gasteiger partial charge in [0, 0.05) is 56.6 Å². The Morgan fingerprint density at radius 2 is 2.05 bits per heavy atom. The van der Waals surface area contributed by atoms with Crippen LogP contribution >= 0.6 is 0 Å². The van der Waals surface area contributed by atoms with E-state index in [1.165, 1.54) is 12.1 Å². The number of ether oxygens (including phenoxy) is 2. The summed E-state index contributed by atoms with van der Waals surface area (Å²) < 4.78 is 31.0. The first-order valence-corrected chi connectivity index (χ1v) is 14.6. The number of rotatable bonds is 9. The maximum atomic E-state index is 14.8. The maximum Gasteiger partial charge on any atom is 0.411 e. The highest BCUT2D eigenvalue weighted by Crippen LogP contribution is 2.39. The topological polar surface area (TPSA) is 88.7 Å². The predicted molar refractivity (Wildman–Crippen MR) is 162 cm³/mol. The number of halogens is 1. The van der Waals surface area contributed by atoms with Crippen LogP contribution in [0.1, 0.15) is 64.6 Å². The summed E-state index contributed by atoms with van der Waals surface area (Å²) in [7, 11) is 1.79. The summed E-state index contributed by atoms with van der Waals surface area (Å²) in [6, 6.07) is 10.6. The highest BCUT2D eigenvalue weighted by molar-refractivity contribution is 6.05. The monoisotopic (exact) mass is 588 g/mol. The minimum absolute atomic E-state index is 0.116. The molecule has 0 radical (unpaired) electrons. The molecule has 2 aromatic carbocycles. The van der Waals surface area contributed by atoms with Gasteiger partial charge in [0.2, 0.25) is 0 Å². The molecule has 43 heavy (non-hydrogen) atoms. The fraction of sp³-hybridized carbons (Fsp3) is 0.394. The molecule has 1 unspecified atom stereocenters. The van der Waals surface area contributed by atoms with Crippen molar-refractivity contribution in [2.75, 3.05) is 38.1 Å². The van der Waals surface area contributed by atoms with E-state index in [0.717, 1.165) is 29.7 Å². The molecule has 3 aromatic rings. The molecule has 2 atom stereocenters. The van der Waals surface area contributed by atoms with E-state index in [2.05, 4.69) is 21.9 Å². The molecule has 0 spiro atoms. The van der Waals surface area contributed by atoms with Gasteiger partial charge in [-0.1, -0.05) is 18.7 Å². The molecule has 2 aliphatic rings. The van der Waals surface area contributed by atoms with Crippen LogP contribution in [0, 0.1) is 19.7 Å². The third kappa shape index (κ3) is 6.92. The molecule has 1 fully saturated rings. The van der Waals surface area contributed by atoms with E-state index in [9.17, 15) is 14.0 Å². The second-order valence-corrected chi connectivity index (χ2v) is 11.3. The Labute approximate surface area is 251 Å². The lowest BCUT2D eigenvalue weighted by atomic mass is 9.98. The number of nitrogens with one attached hydrogen (secondary N) is 1. The first kappa shape index (κ1) is 30.3. The highest BCUT2D eigenvalue weighted by Gasteiger charge is 2.31. The van der Waals surface area contributed by atoms with Gasteiger partial charge in [-0.3, -0.25) is 14.4 Å². The van der Waals surface area contributed by atoms with Crippen molar-refractivity contribution in [2.24, 2.45) is 7.05 Å². The lowest BCUT2D eigenvalue weighted by molar-refractivity contribution is -0.451. The lowest BCUT2D eigenvalue weighted by Gasteiger charge is -2.30. The Kier molecular flexibility index (Phi) is 9.17. The average Bonchev–Trinajstić information content (AvgIpc) is 3.66. The summed E-state index contributed by atoms with van der Waals surface area (Å²) in [5, 5.41) is 7.13. The normalized spacial score (nSPS) is 18.0. The average molecular weight is 589 g/mol. The van der Waals surface area contributed by atoms with Crippen LogP contribution in [0.5, 0.6) is 5.75 Å². The molecular weight excluding hydrogens is 549 g/mol. The molecule has 0 bridgehead atoms. The molecule has 10 heteroatoms. The summed E-state index contributed by atoms with van der Waals surface area (Å²) in [5.41, 5.74) is 4.22. The Bertz CT molecular complexity index is 1570. The van der Waals surface area contributed by atoms with Gasteiger partial charge in [-0.2, -0.15) is 9.67 Å². The number of aryl methyl sites for hydroxylation is 3. The van der Waals surface area contributed by atoms with E-state index in [1.807, 2.05) is 32.0 Å². The molecule has 9 nitrogen and oxygen atoms in total. The number of nitrogens with zero attached hydrogens (tertiary/aromatic N) is 4. The fourth-order valence-electron chi connectivity index (χ4n) is 5.68.